The first-order valence-corrected chi connectivity index (χ1v) is 16.7. The Kier molecular flexibility index (Phi) is 8.85. The van der Waals surface area contributed by atoms with Gasteiger partial charge in [0.15, 0.2) is 0 Å². The van der Waals surface area contributed by atoms with Crippen LogP contribution in [0.4, 0.5) is 16.6 Å². The lowest BCUT2D eigenvalue weighted by Gasteiger charge is -2.36. The number of nitriles is 1. The normalized spacial score (nSPS) is 24.0. The molecule has 47 heavy (non-hydrogen) atoms. The zero-order chi connectivity index (χ0) is 32.3. The first-order valence-electron chi connectivity index (χ1n) is 16.7. The van der Waals surface area contributed by atoms with Gasteiger partial charge in [-0.05, 0) is 82.2 Å². The van der Waals surface area contributed by atoms with Crippen molar-refractivity contribution in [2.24, 2.45) is 13.0 Å². The molecule has 1 aliphatic heterocycles. The average molecular weight is 631 g/mol. The van der Waals surface area contributed by atoms with E-state index < -0.39 is 0 Å². The van der Waals surface area contributed by atoms with E-state index in [2.05, 4.69) is 38.7 Å². The quantitative estimate of drug-likeness (QED) is 0.262. The van der Waals surface area contributed by atoms with E-state index in [4.69, 9.17) is 9.97 Å². The molecular formula is C36H42N10O. The first kappa shape index (κ1) is 30.8. The van der Waals surface area contributed by atoms with Crippen molar-refractivity contribution in [1.82, 2.24) is 34.9 Å². The van der Waals surface area contributed by atoms with E-state index in [1.54, 1.807) is 10.9 Å². The van der Waals surface area contributed by atoms with E-state index in [1.165, 1.54) is 6.42 Å². The third-order valence-electron chi connectivity index (χ3n) is 10.3. The lowest BCUT2D eigenvalue weighted by Crippen LogP contribution is -2.49. The molecule has 3 fully saturated rings. The van der Waals surface area contributed by atoms with E-state index >= 15 is 0 Å². The molecule has 3 unspecified atom stereocenters. The summed E-state index contributed by atoms with van der Waals surface area (Å²) in [7, 11) is 4.10. The van der Waals surface area contributed by atoms with Gasteiger partial charge in [0.05, 0.1) is 23.7 Å². The van der Waals surface area contributed by atoms with Gasteiger partial charge in [-0.15, -0.1) is 0 Å². The summed E-state index contributed by atoms with van der Waals surface area (Å²) >= 11 is 0. The lowest BCUT2D eigenvalue weighted by atomic mass is 9.90. The monoisotopic (exact) mass is 630 g/mol. The number of aryl methyl sites for hydroxylation is 1. The number of benzene rings is 1. The zero-order valence-corrected chi connectivity index (χ0v) is 27.1. The van der Waals surface area contributed by atoms with Crippen LogP contribution < -0.4 is 15.5 Å². The van der Waals surface area contributed by atoms with Gasteiger partial charge < -0.3 is 15.5 Å². The summed E-state index contributed by atoms with van der Waals surface area (Å²) in [5, 5.41) is 20.8. The highest BCUT2D eigenvalue weighted by Crippen LogP contribution is 2.45. The van der Waals surface area contributed by atoms with E-state index in [0.29, 0.717) is 41.8 Å². The molecule has 4 aromatic rings. The molecule has 0 bridgehead atoms. The summed E-state index contributed by atoms with van der Waals surface area (Å²) < 4.78 is 1.76. The predicted molar refractivity (Wildman–Crippen MR) is 181 cm³/mol. The molecule has 2 amide bonds. The predicted octanol–water partition coefficient (Wildman–Crippen LogP) is 5.48. The maximum absolute atomic E-state index is 13.8. The molecule has 0 spiro atoms. The van der Waals surface area contributed by atoms with Crippen LogP contribution >= 0.6 is 0 Å². The number of hydrogen-bond acceptors (Lipinski definition) is 8. The largest absolute Gasteiger partial charge is 0.351 e. The highest BCUT2D eigenvalue weighted by molar-refractivity contribution is 5.91. The minimum Gasteiger partial charge on any atom is -0.351 e. The number of hydrogen-bond donors (Lipinski definition) is 2. The third kappa shape index (κ3) is 6.69. The Morgan fingerprint density at radius 3 is 2.51 bits per heavy atom. The van der Waals surface area contributed by atoms with Gasteiger partial charge in [-0.3, -0.25) is 9.58 Å². The molecule has 11 heteroatoms. The molecule has 2 N–H and O–H groups in total. The molecule has 2 aliphatic carbocycles. The molecule has 11 nitrogen and oxygen atoms in total. The topological polar surface area (TPSA) is 128 Å². The smallest absolute Gasteiger partial charge is 0.323 e. The molecule has 3 aromatic heterocycles. The molecule has 1 saturated heterocycles. The summed E-state index contributed by atoms with van der Waals surface area (Å²) in [5.41, 5.74) is 4.46. The van der Waals surface area contributed by atoms with E-state index in [9.17, 15) is 10.1 Å². The zero-order valence-electron chi connectivity index (χ0n) is 27.1. The minimum absolute atomic E-state index is 0.00658. The van der Waals surface area contributed by atoms with Crippen molar-refractivity contribution in [2.75, 3.05) is 23.8 Å². The van der Waals surface area contributed by atoms with Crippen LogP contribution in [0.5, 0.6) is 0 Å². The number of likely N-dealkylation sites (tertiary alicyclic amines) is 1. The number of carbonyl (C=O) groups excluding carboxylic acids is 1. The highest BCUT2D eigenvalue weighted by atomic mass is 16.2. The molecule has 3 aliphatic rings. The maximum atomic E-state index is 13.8. The summed E-state index contributed by atoms with van der Waals surface area (Å²) in [5.74, 6) is 2.21. The number of amides is 2. The lowest BCUT2D eigenvalue weighted by molar-refractivity contribution is 0.240. The number of nitrogens with zero attached hydrogens (tertiary/aromatic N) is 8. The van der Waals surface area contributed by atoms with Gasteiger partial charge in [0.25, 0.3) is 0 Å². The molecule has 3 atom stereocenters. The van der Waals surface area contributed by atoms with Gasteiger partial charge in [-0.25, -0.2) is 19.7 Å². The SMILES string of the molecule is CN1CCC2CC(c3nc(N[C@H]4CC[C@H](N(C(=O)NCc5ccccc5)c5ccc(-c6cnn(C)c6)cn5)CC4)ncc3C#N)CC21. The Hall–Kier alpha value is -4.82. The van der Waals surface area contributed by atoms with Gasteiger partial charge in [0, 0.05) is 61.2 Å². The summed E-state index contributed by atoms with van der Waals surface area (Å²) in [6.45, 7) is 1.60. The molecule has 1 aromatic carbocycles. The molecule has 0 radical (unpaired) electrons. The molecule has 2 saturated carbocycles. The highest BCUT2D eigenvalue weighted by Gasteiger charge is 2.42. The van der Waals surface area contributed by atoms with Gasteiger partial charge in [-0.1, -0.05) is 30.3 Å². The first-order chi connectivity index (χ1) is 22.9. The van der Waals surface area contributed by atoms with E-state index in [-0.39, 0.29) is 18.1 Å². The molecular weight excluding hydrogens is 588 g/mol. The Labute approximate surface area is 276 Å². The van der Waals surface area contributed by atoms with Crippen molar-refractivity contribution in [3.63, 3.8) is 0 Å². The Morgan fingerprint density at radius 1 is 0.979 bits per heavy atom. The standard InChI is InChI=1S/C36H42N10O/c1-44-15-14-25-16-27(17-32(25)44)34-28(18-37)21-39-35(43-34)42-30-9-11-31(12-10-30)46(36(47)40-19-24-6-4-3-5-7-24)33-13-8-26(20-38-33)29-22-41-45(2)23-29/h3-8,13,20-23,25,27,30-32H,9-12,14-17,19H2,1-2H3,(H,40,47)(H,39,42,43)/t25?,27?,30-,31-,32?. The molecule has 7 rings (SSSR count). The van der Waals surface area contributed by atoms with Crippen molar-refractivity contribution in [1.29, 1.82) is 5.26 Å². The Bertz CT molecular complexity index is 1720. The van der Waals surface area contributed by atoms with Crippen molar-refractivity contribution in [3.05, 3.63) is 84.1 Å². The number of aromatic nitrogens is 5. The number of nitrogens with one attached hydrogen (secondary N) is 2. The van der Waals surface area contributed by atoms with Crippen LogP contribution in [0.1, 0.15) is 67.7 Å². The molecule has 4 heterocycles. The Balaban J connectivity index is 1.04. The van der Waals surface area contributed by atoms with Gasteiger partial charge >= 0.3 is 6.03 Å². The van der Waals surface area contributed by atoms with Crippen molar-refractivity contribution in [3.8, 4) is 17.2 Å². The summed E-state index contributed by atoms with van der Waals surface area (Å²) in [4.78, 5) is 32.3. The van der Waals surface area contributed by atoms with Crippen molar-refractivity contribution >= 4 is 17.8 Å². The minimum atomic E-state index is -0.154. The Morgan fingerprint density at radius 2 is 1.81 bits per heavy atom. The van der Waals surface area contributed by atoms with E-state index in [0.717, 1.165) is 67.5 Å². The van der Waals surface area contributed by atoms with Crippen LogP contribution in [-0.4, -0.2) is 67.4 Å². The summed E-state index contributed by atoms with van der Waals surface area (Å²) in [6.07, 6.45) is 14.0. The number of carbonyl (C=O) groups is 1. The van der Waals surface area contributed by atoms with Crippen LogP contribution in [0.2, 0.25) is 0 Å². The van der Waals surface area contributed by atoms with Gasteiger partial charge in [0.1, 0.15) is 11.9 Å². The van der Waals surface area contributed by atoms with Crippen LogP contribution in [-0.2, 0) is 13.6 Å². The fourth-order valence-electron chi connectivity index (χ4n) is 7.82. The second-order valence-corrected chi connectivity index (χ2v) is 13.3. The van der Waals surface area contributed by atoms with Crippen LogP contribution in [0, 0.1) is 17.2 Å². The number of fused-ring (bicyclic) bond motifs is 1. The number of rotatable bonds is 8. The van der Waals surface area contributed by atoms with Crippen LogP contribution in [0.3, 0.4) is 0 Å². The fourth-order valence-corrected chi connectivity index (χ4v) is 7.82. The average Bonchev–Trinajstić information content (AvgIpc) is 3.83. The fraction of sp³-hybridized carbons (Fsp3) is 0.444. The molecule has 242 valence electrons. The van der Waals surface area contributed by atoms with Crippen LogP contribution in [0.15, 0.2) is 67.3 Å². The van der Waals surface area contributed by atoms with Crippen molar-refractivity contribution < 1.29 is 4.79 Å². The number of pyridine rings is 1. The maximum Gasteiger partial charge on any atom is 0.323 e. The second kappa shape index (κ2) is 13.5. The third-order valence-corrected chi connectivity index (χ3v) is 10.3. The van der Waals surface area contributed by atoms with Gasteiger partial charge in [-0.2, -0.15) is 10.4 Å². The second-order valence-electron chi connectivity index (χ2n) is 13.3. The number of anilines is 2. The van der Waals surface area contributed by atoms with Gasteiger partial charge in [0.2, 0.25) is 5.95 Å². The number of urea groups is 1. The van der Waals surface area contributed by atoms with Crippen molar-refractivity contribution in [2.45, 2.75) is 75.5 Å². The van der Waals surface area contributed by atoms with Crippen LogP contribution in [0.25, 0.3) is 11.1 Å². The van der Waals surface area contributed by atoms with E-state index in [1.807, 2.05) is 73.0 Å². The summed E-state index contributed by atoms with van der Waals surface area (Å²) in [6, 6.07) is 16.8.